The highest BCUT2D eigenvalue weighted by Gasteiger charge is 1.95. The third-order valence-electron chi connectivity index (χ3n) is 2.55. The number of benzene rings is 1. The number of hydrogen-bond acceptors (Lipinski definition) is 2. The largest absolute Gasteiger partial charge is 0.392 e. The van der Waals surface area contributed by atoms with Crippen molar-refractivity contribution < 1.29 is 5.11 Å². The summed E-state index contributed by atoms with van der Waals surface area (Å²) in [6, 6.07) is 12.4. The first-order valence-electron chi connectivity index (χ1n) is 5.64. The molecule has 86 valence electrons. The zero-order valence-electron chi connectivity index (χ0n) is 9.58. The summed E-state index contributed by atoms with van der Waals surface area (Å²) in [6.07, 6.45) is 8.20. The SMILES string of the molecule is OCC=Cc1ccc(Cc2ccncc2)cc1. The van der Waals surface area contributed by atoms with Crippen molar-refractivity contribution in [3.05, 3.63) is 71.6 Å². The molecule has 0 spiro atoms. The monoisotopic (exact) mass is 225 g/mol. The summed E-state index contributed by atoms with van der Waals surface area (Å²) >= 11 is 0. The molecule has 1 heterocycles. The highest BCUT2D eigenvalue weighted by molar-refractivity contribution is 5.49. The van der Waals surface area contributed by atoms with Crippen molar-refractivity contribution in [1.82, 2.24) is 4.98 Å². The molecular weight excluding hydrogens is 210 g/mol. The van der Waals surface area contributed by atoms with E-state index in [9.17, 15) is 0 Å². The van der Waals surface area contributed by atoms with Crippen LogP contribution in [0.25, 0.3) is 6.08 Å². The number of hydrogen-bond donors (Lipinski definition) is 1. The van der Waals surface area contributed by atoms with Crippen molar-refractivity contribution in [3.8, 4) is 0 Å². The molecule has 0 saturated heterocycles. The van der Waals surface area contributed by atoms with Gasteiger partial charge < -0.3 is 5.11 Å². The van der Waals surface area contributed by atoms with Crippen molar-refractivity contribution in [3.63, 3.8) is 0 Å². The van der Waals surface area contributed by atoms with Crippen LogP contribution in [0, 0.1) is 0 Å². The van der Waals surface area contributed by atoms with Crippen LogP contribution in [-0.2, 0) is 6.42 Å². The Kier molecular flexibility index (Phi) is 4.05. The number of aliphatic hydroxyl groups excluding tert-OH is 1. The van der Waals surface area contributed by atoms with Crippen molar-refractivity contribution in [2.75, 3.05) is 6.61 Å². The number of aliphatic hydroxyl groups is 1. The maximum atomic E-state index is 8.68. The third kappa shape index (κ3) is 3.54. The fourth-order valence-electron chi connectivity index (χ4n) is 1.67. The minimum Gasteiger partial charge on any atom is -0.392 e. The number of pyridine rings is 1. The number of rotatable bonds is 4. The summed E-state index contributed by atoms with van der Waals surface area (Å²) in [4.78, 5) is 4.00. The summed E-state index contributed by atoms with van der Waals surface area (Å²) in [5.41, 5.74) is 3.65. The first-order chi connectivity index (χ1) is 8.38. The molecule has 1 aromatic heterocycles. The lowest BCUT2D eigenvalue weighted by Crippen LogP contribution is -1.88. The molecule has 0 saturated carbocycles. The van der Waals surface area contributed by atoms with Crippen LogP contribution in [-0.4, -0.2) is 16.7 Å². The Morgan fingerprint density at radius 1 is 0.941 bits per heavy atom. The Balaban J connectivity index is 2.06. The van der Waals surface area contributed by atoms with Gasteiger partial charge >= 0.3 is 0 Å². The minimum atomic E-state index is 0.0821. The van der Waals surface area contributed by atoms with Crippen LogP contribution in [0.15, 0.2) is 54.9 Å². The van der Waals surface area contributed by atoms with Crippen LogP contribution in [0.1, 0.15) is 16.7 Å². The fraction of sp³-hybridized carbons (Fsp3) is 0.133. The zero-order valence-corrected chi connectivity index (χ0v) is 9.58. The molecule has 0 bridgehead atoms. The molecule has 0 unspecified atom stereocenters. The van der Waals surface area contributed by atoms with E-state index in [1.54, 1.807) is 6.08 Å². The molecule has 0 radical (unpaired) electrons. The summed E-state index contributed by atoms with van der Waals surface area (Å²) in [7, 11) is 0. The molecule has 0 aliphatic rings. The second kappa shape index (κ2) is 5.97. The van der Waals surface area contributed by atoms with Crippen LogP contribution in [0.5, 0.6) is 0 Å². The summed E-state index contributed by atoms with van der Waals surface area (Å²) in [5, 5.41) is 8.68. The lowest BCUT2D eigenvalue weighted by molar-refractivity contribution is 0.343. The summed E-state index contributed by atoms with van der Waals surface area (Å²) in [5.74, 6) is 0. The Hall–Kier alpha value is -1.93. The predicted octanol–water partition coefficient (Wildman–Crippen LogP) is 2.68. The van der Waals surface area contributed by atoms with Crippen LogP contribution in [0.2, 0.25) is 0 Å². The van der Waals surface area contributed by atoms with Gasteiger partial charge in [-0.3, -0.25) is 4.98 Å². The minimum absolute atomic E-state index is 0.0821. The van der Waals surface area contributed by atoms with Gasteiger partial charge in [0.25, 0.3) is 0 Å². The standard InChI is InChI=1S/C15H15NO/c17-11-1-2-13-3-5-14(6-4-13)12-15-7-9-16-10-8-15/h1-10,17H,11-12H2. The van der Waals surface area contributed by atoms with Gasteiger partial charge in [-0.1, -0.05) is 36.4 Å². The third-order valence-corrected chi connectivity index (χ3v) is 2.55. The molecule has 1 N–H and O–H groups in total. The molecule has 2 heteroatoms. The fourth-order valence-corrected chi connectivity index (χ4v) is 1.67. The van der Waals surface area contributed by atoms with Crippen LogP contribution >= 0.6 is 0 Å². The van der Waals surface area contributed by atoms with Gasteiger partial charge in [0.05, 0.1) is 6.61 Å². The maximum absolute atomic E-state index is 8.68. The molecule has 1 aromatic carbocycles. The van der Waals surface area contributed by atoms with Crippen LogP contribution in [0.4, 0.5) is 0 Å². The van der Waals surface area contributed by atoms with Crippen molar-refractivity contribution in [2.24, 2.45) is 0 Å². The van der Waals surface area contributed by atoms with Crippen molar-refractivity contribution in [2.45, 2.75) is 6.42 Å². The molecule has 0 fully saturated rings. The van der Waals surface area contributed by atoms with E-state index in [-0.39, 0.29) is 6.61 Å². The van der Waals surface area contributed by atoms with E-state index < -0.39 is 0 Å². The molecule has 17 heavy (non-hydrogen) atoms. The number of aromatic nitrogens is 1. The van der Waals surface area contributed by atoms with Gasteiger partial charge in [0.2, 0.25) is 0 Å². The summed E-state index contributed by atoms with van der Waals surface area (Å²) < 4.78 is 0. The second-order valence-electron chi connectivity index (χ2n) is 3.86. The van der Waals surface area contributed by atoms with Gasteiger partial charge in [0.1, 0.15) is 0 Å². The van der Waals surface area contributed by atoms with Gasteiger partial charge in [-0.2, -0.15) is 0 Å². The van der Waals surface area contributed by atoms with Crippen molar-refractivity contribution in [1.29, 1.82) is 0 Å². The van der Waals surface area contributed by atoms with Crippen LogP contribution in [0.3, 0.4) is 0 Å². The highest BCUT2D eigenvalue weighted by Crippen LogP contribution is 2.11. The first-order valence-corrected chi connectivity index (χ1v) is 5.64. The van der Waals surface area contributed by atoms with Gasteiger partial charge in [-0.25, -0.2) is 0 Å². The average Bonchev–Trinajstić information content (AvgIpc) is 2.39. The molecule has 0 atom stereocenters. The van der Waals surface area contributed by atoms with E-state index in [4.69, 9.17) is 5.11 Å². The van der Waals surface area contributed by atoms with Gasteiger partial charge in [0, 0.05) is 12.4 Å². The molecule has 2 nitrogen and oxygen atoms in total. The first kappa shape index (κ1) is 11.6. The van der Waals surface area contributed by atoms with Crippen LogP contribution < -0.4 is 0 Å². The van der Waals surface area contributed by atoms with Gasteiger partial charge in [0.15, 0.2) is 0 Å². The second-order valence-corrected chi connectivity index (χ2v) is 3.86. The van der Waals surface area contributed by atoms with E-state index in [1.165, 1.54) is 11.1 Å². The Morgan fingerprint density at radius 2 is 1.59 bits per heavy atom. The molecule has 2 rings (SSSR count). The molecule has 0 amide bonds. The highest BCUT2D eigenvalue weighted by atomic mass is 16.2. The molecule has 2 aromatic rings. The van der Waals surface area contributed by atoms with E-state index in [0.717, 1.165) is 12.0 Å². The van der Waals surface area contributed by atoms with E-state index in [0.29, 0.717) is 0 Å². The molecular formula is C15H15NO. The maximum Gasteiger partial charge on any atom is 0.0615 e. The number of nitrogens with zero attached hydrogens (tertiary/aromatic N) is 1. The van der Waals surface area contributed by atoms with E-state index >= 15 is 0 Å². The van der Waals surface area contributed by atoms with E-state index in [1.807, 2.05) is 30.6 Å². The van der Waals surface area contributed by atoms with Crippen molar-refractivity contribution >= 4 is 6.08 Å². The topological polar surface area (TPSA) is 33.1 Å². The van der Waals surface area contributed by atoms with Gasteiger partial charge in [-0.05, 0) is 35.2 Å². The van der Waals surface area contributed by atoms with E-state index in [2.05, 4.69) is 29.2 Å². The lowest BCUT2D eigenvalue weighted by Gasteiger charge is -2.02. The quantitative estimate of drug-likeness (QED) is 0.867. The Bertz CT molecular complexity index is 474. The molecule has 0 aliphatic heterocycles. The predicted molar refractivity (Wildman–Crippen MR) is 69.6 cm³/mol. The Labute approximate surface area is 101 Å². The molecule has 0 aliphatic carbocycles. The van der Waals surface area contributed by atoms with Gasteiger partial charge in [-0.15, -0.1) is 0 Å². The average molecular weight is 225 g/mol. The Morgan fingerprint density at radius 3 is 2.24 bits per heavy atom. The zero-order chi connectivity index (χ0) is 11.9. The lowest BCUT2D eigenvalue weighted by atomic mass is 10.0. The normalized spacial score (nSPS) is 10.9. The summed E-state index contributed by atoms with van der Waals surface area (Å²) in [6.45, 7) is 0.0821. The smallest absolute Gasteiger partial charge is 0.0615 e.